The van der Waals surface area contributed by atoms with Gasteiger partial charge >= 0.3 is 0 Å². The molecule has 1 aliphatic rings. The lowest BCUT2D eigenvalue weighted by Gasteiger charge is -2.20. The van der Waals surface area contributed by atoms with Crippen molar-refractivity contribution in [3.63, 3.8) is 0 Å². The lowest BCUT2D eigenvalue weighted by Crippen LogP contribution is -2.14. The third kappa shape index (κ3) is 1.53. The van der Waals surface area contributed by atoms with E-state index in [0.29, 0.717) is 11.7 Å². The molecule has 0 bridgehead atoms. The van der Waals surface area contributed by atoms with E-state index in [1.54, 1.807) is 10.6 Å². The van der Waals surface area contributed by atoms with Crippen molar-refractivity contribution in [1.29, 1.82) is 0 Å². The average Bonchev–Trinajstić information content (AvgIpc) is 2.73. The molecule has 16 heavy (non-hydrogen) atoms. The summed E-state index contributed by atoms with van der Waals surface area (Å²) in [4.78, 5) is 4.35. The smallest absolute Gasteiger partial charge is 0.160 e. The minimum Gasteiger partial charge on any atom is -0.384 e. The van der Waals surface area contributed by atoms with Gasteiger partial charge in [-0.25, -0.2) is 9.50 Å². The normalized spacial score (nSPS) is 18.0. The van der Waals surface area contributed by atoms with Gasteiger partial charge in [-0.1, -0.05) is 0 Å². The molecule has 2 aromatic heterocycles. The van der Waals surface area contributed by atoms with Gasteiger partial charge in [0.25, 0.3) is 0 Å². The Bertz CT molecular complexity index is 502. The summed E-state index contributed by atoms with van der Waals surface area (Å²) in [6, 6.07) is 1.76. The van der Waals surface area contributed by atoms with Crippen molar-refractivity contribution in [2.75, 3.05) is 18.9 Å². The molecule has 3 heterocycles. The minimum absolute atomic E-state index is 0.501. The highest BCUT2D eigenvalue weighted by Crippen LogP contribution is 2.29. The average molecular weight is 218 g/mol. The van der Waals surface area contributed by atoms with E-state index in [1.165, 1.54) is 5.56 Å². The van der Waals surface area contributed by atoms with Crippen molar-refractivity contribution in [2.45, 2.75) is 18.8 Å². The number of nitrogens with two attached hydrogens (primary N) is 1. The Morgan fingerprint density at radius 3 is 3.00 bits per heavy atom. The number of hydrogen-bond acceptors (Lipinski definition) is 4. The molecule has 0 aliphatic carbocycles. The molecule has 2 N–H and O–H groups in total. The molecule has 1 saturated heterocycles. The van der Waals surface area contributed by atoms with Gasteiger partial charge in [-0.2, -0.15) is 5.10 Å². The molecule has 84 valence electrons. The molecule has 5 nitrogen and oxygen atoms in total. The van der Waals surface area contributed by atoms with Crippen LogP contribution in [0, 0.1) is 0 Å². The third-order valence-corrected chi connectivity index (χ3v) is 3.08. The van der Waals surface area contributed by atoms with Gasteiger partial charge in [-0.3, -0.25) is 0 Å². The second-order valence-electron chi connectivity index (χ2n) is 4.11. The Morgan fingerprint density at radius 2 is 2.19 bits per heavy atom. The zero-order valence-corrected chi connectivity index (χ0v) is 8.97. The Balaban J connectivity index is 2.05. The van der Waals surface area contributed by atoms with E-state index in [4.69, 9.17) is 10.5 Å². The van der Waals surface area contributed by atoms with E-state index in [-0.39, 0.29) is 0 Å². The predicted octanol–water partition coefficient (Wildman–Crippen LogP) is 1.21. The van der Waals surface area contributed by atoms with Crippen LogP contribution in [-0.2, 0) is 4.74 Å². The van der Waals surface area contributed by atoms with Crippen LogP contribution >= 0.6 is 0 Å². The molecule has 0 saturated carbocycles. The molecule has 0 spiro atoms. The lowest BCUT2D eigenvalue weighted by atomic mass is 9.94. The molecule has 3 rings (SSSR count). The quantitative estimate of drug-likeness (QED) is 0.781. The van der Waals surface area contributed by atoms with Crippen LogP contribution in [0.15, 0.2) is 18.5 Å². The zero-order chi connectivity index (χ0) is 11.0. The molecule has 1 aliphatic heterocycles. The highest BCUT2D eigenvalue weighted by atomic mass is 16.5. The molecule has 1 fully saturated rings. The first-order chi connectivity index (χ1) is 7.84. The summed E-state index contributed by atoms with van der Waals surface area (Å²) in [7, 11) is 0. The monoisotopic (exact) mass is 218 g/mol. The number of ether oxygens (including phenoxy) is 1. The summed E-state index contributed by atoms with van der Waals surface area (Å²) >= 11 is 0. The van der Waals surface area contributed by atoms with Gasteiger partial charge in [0.15, 0.2) is 5.65 Å². The maximum atomic E-state index is 5.70. The summed E-state index contributed by atoms with van der Waals surface area (Å²) in [5.41, 5.74) is 7.78. The lowest BCUT2D eigenvalue weighted by molar-refractivity contribution is 0.0855. The van der Waals surface area contributed by atoms with Crippen LogP contribution in [0.1, 0.15) is 24.3 Å². The van der Waals surface area contributed by atoms with E-state index in [9.17, 15) is 0 Å². The predicted molar refractivity (Wildman–Crippen MR) is 60.2 cm³/mol. The number of hydrogen-bond donors (Lipinski definition) is 1. The first kappa shape index (κ1) is 9.59. The van der Waals surface area contributed by atoms with Gasteiger partial charge in [0.05, 0.1) is 6.20 Å². The van der Waals surface area contributed by atoms with Crippen molar-refractivity contribution in [2.24, 2.45) is 0 Å². The second kappa shape index (κ2) is 3.75. The fourth-order valence-electron chi connectivity index (χ4n) is 2.20. The van der Waals surface area contributed by atoms with Crippen LogP contribution in [0.5, 0.6) is 0 Å². The van der Waals surface area contributed by atoms with E-state index in [1.807, 2.05) is 12.4 Å². The maximum absolute atomic E-state index is 5.70. The fraction of sp³-hybridized carbons (Fsp3) is 0.455. The molecule has 0 radical (unpaired) electrons. The van der Waals surface area contributed by atoms with Crippen LogP contribution in [0.25, 0.3) is 5.65 Å². The van der Waals surface area contributed by atoms with Gasteiger partial charge < -0.3 is 10.5 Å². The zero-order valence-electron chi connectivity index (χ0n) is 8.97. The van der Waals surface area contributed by atoms with Crippen molar-refractivity contribution in [3.8, 4) is 0 Å². The van der Waals surface area contributed by atoms with Crippen LogP contribution in [0.4, 0.5) is 5.82 Å². The molecular formula is C11H14N4O. The maximum Gasteiger partial charge on any atom is 0.160 e. The van der Waals surface area contributed by atoms with Crippen LogP contribution in [-0.4, -0.2) is 27.8 Å². The van der Waals surface area contributed by atoms with E-state index in [0.717, 1.165) is 31.7 Å². The molecular weight excluding hydrogens is 204 g/mol. The number of nitrogen functional groups attached to an aromatic ring is 1. The molecule has 5 heteroatoms. The Hall–Kier alpha value is -1.62. The largest absolute Gasteiger partial charge is 0.384 e. The molecule has 0 aromatic carbocycles. The van der Waals surface area contributed by atoms with Crippen LogP contribution < -0.4 is 5.73 Å². The summed E-state index contributed by atoms with van der Waals surface area (Å²) in [5, 5.41) is 4.29. The number of nitrogens with zero attached hydrogens (tertiary/aromatic N) is 3. The second-order valence-corrected chi connectivity index (χ2v) is 4.11. The van der Waals surface area contributed by atoms with Crippen molar-refractivity contribution in [1.82, 2.24) is 14.6 Å². The van der Waals surface area contributed by atoms with Gasteiger partial charge in [0, 0.05) is 25.0 Å². The van der Waals surface area contributed by atoms with E-state index in [2.05, 4.69) is 10.1 Å². The number of aromatic nitrogens is 3. The summed E-state index contributed by atoms with van der Waals surface area (Å²) < 4.78 is 7.14. The number of rotatable bonds is 1. The molecule has 0 atom stereocenters. The standard InChI is InChI=1S/C11H14N4O/c12-10-1-4-15-11(14-10)9(7-13-15)8-2-5-16-6-3-8/h1,4,7-8H,2-3,5-6H2,(H2,12,14). The first-order valence-corrected chi connectivity index (χ1v) is 5.52. The minimum atomic E-state index is 0.501. The Labute approximate surface area is 93.2 Å². The topological polar surface area (TPSA) is 65.4 Å². The highest BCUT2D eigenvalue weighted by molar-refractivity contribution is 5.51. The molecule has 0 unspecified atom stereocenters. The van der Waals surface area contributed by atoms with Gasteiger partial charge in [0.1, 0.15) is 5.82 Å². The van der Waals surface area contributed by atoms with Crippen molar-refractivity contribution in [3.05, 3.63) is 24.0 Å². The fourth-order valence-corrected chi connectivity index (χ4v) is 2.20. The third-order valence-electron chi connectivity index (χ3n) is 3.08. The summed E-state index contributed by atoms with van der Waals surface area (Å²) in [6.07, 6.45) is 5.83. The van der Waals surface area contributed by atoms with Gasteiger partial charge in [0.2, 0.25) is 0 Å². The highest BCUT2D eigenvalue weighted by Gasteiger charge is 2.20. The van der Waals surface area contributed by atoms with Crippen LogP contribution in [0.3, 0.4) is 0 Å². The van der Waals surface area contributed by atoms with E-state index >= 15 is 0 Å². The van der Waals surface area contributed by atoms with Crippen molar-refractivity contribution >= 4 is 11.5 Å². The van der Waals surface area contributed by atoms with Crippen molar-refractivity contribution < 1.29 is 4.74 Å². The Morgan fingerprint density at radius 1 is 1.38 bits per heavy atom. The van der Waals surface area contributed by atoms with E-state index < -0.39 is 0 Å². The van der Waals surface area contributed by atoms with Crippen LogP contribution in [0.2, 0.25) is 0 Å². The van der Waals surface area contributed by atoms with Gasteiger partial charge in [-0.15, -0.1) is 0 Å². The Kier molecular flexibility index (Phi) is 2.25. The molecule has 2 aromatic rings. The number of fused-ring (bicyclic) bond motifs is 1. The SMILES string of the molecule is Nc1ccn2ncc(C3CCOCC3)c2n1. The number of anilines is 1. The molecule has 0 amide bonds. The summed E-state index contributed by atoms with van der Waals surface area (Å²) in [6.45, 7) is 1.65. The first-order valence-electron chi connectivity index (χ1n) is 5.52. The van der Waals surface area contributed by atoms with Gasteiger partial charge in [-0.05, 0) is 24.8 Å². The summed E-state index contributed by atoms with van der Waals surface area (Å²) in [5.74, 6) is 1.04.